The summed E-state index contributed by atoms with van der Waals surface area (Å²) in [6.07, 6.45) is 0. The molecule has 0 saturated heterocycles. The minimum absolute atomic E-state index is 0. The molecule has 0 amide bonds. The van der Waals surface area contributed by atoms with E-state index >= 15 is 0 Å². The first-order valence-corrected chi connectivity index (χ1v) is 2.99. The Bertz CT molecular complexity index is 209. The van der Waals surface area contributed by atoms with Crippen LogP contribution in [0.5, 0.6) is 5.75 Å². The summed E-state index contributed by atoms with van der Waals surface area (Å²) < 4.78 is 0. The standard InChI is InChI=1S/C6H5BO4.2Na/c8-7(9)11-10-6-4-2-1-3-5-6;;/h1-5H;;/q-2;2*+1. The van der Waals surface area contributed by atoms with E-state index in [0.717, 1.165) is 0 Å². The Hall–Kier alpha value is 0.965. The molecule has 1 aromatic carbocycles. The second kappa shape index (κ2) is 9.52. The van der Waals surface area contributed by atoms with Crippen molar-refractivity contribution >= 4 is 7.32 Å². The Morgan fingerprint density at radius 2 is 1.54 bits per heavy atom. The van der Waals surface area contributed by atoms with E-state index in [9.17, 15) is 10.0 Å². The maximum absolute atomic E-state index is 9.80. The third kappa shape index (κ3) is 7.99. The van der Waals surface area contributed by atoms with Gasteiger partial charge >= 0.3 is 59.1 Å². The Labute approximate surface area is 121 Å². The molecule has 0 unspecified atom stereocenters. The molecule has 0 heterocycles. The van der Waals surface area contributed by atoms with Gasteiger partial charge in [-0.1, -0.05) is 18.2 Å². The van der Waals surface area contributed by atoms with Crippen molar-refractivity contribution in [3.05, 3.63) is 30.3 Å². The van der Waals surface area contributed by atoms with E-state index in [4.69, 9.17) is 0 Å². The van der Waals surface area contributed by atoms with Gasteiger partial charge < -0.3 is 19.7 Å². The van der Waals surface area contributed by atoms with Crippen LogP contribution in [0.15, 0.2) is 30.3 Å². The van der Waals surface area contributed by atoms with Crippen LogP contribution >= 0.6 is 0 Å². The van der Waals surface area contributed by atoms with Crippen molar-refractivity contribution in [3.63, 3.8) is 0 Å². The van der Waals surface area contributed by atoms with E-state index < -0.39 is 7.32 Å². The molecule has 0 radical (unpaired) electrons. The first-order valence-electron chi connectivity index (χ1n) is 2.99. The molecule has 0 aliphatic rings. The van der Waals surface area contributed by atoms with E-state index in [1.54, 1.807) is 30.3 Å². The Morgan fingerprint density at radius 3 is 2.00 bits per heavy atom. The first-order chi connectivity index (χ1) is 5.29. The van der Waals surface area contributed by atoms with Crippen LogP contribution in [0.4, 0.5) is 0 Å². The fourth-order valence-corrected chi connectivity index (χ4v) is 0.571. The predicted molar refractivity (Wildman–Crippen MR) is 33.9 cm³/mol. The van der Waals surface area contributed by atoms with Crippen molar-refractivity contribution in [2.75, 3.05) is 0 Å². The molecule has 0 aliphatic carbocycles. The van der Waals surface area contributed by atoms with Crippen LogP contribution < -0.4 is 74.1 Å². The molecule has 7 heteroatoms. The van der Waals surface area contributed by atoms with Gasteiger partial charge in [0.15, 0.2) is 5.75 Å². The summed E-state index contributed by atoms with van der Waals surface area (Å²) in [6, 6.07) is 8.32. The average Bonchev–Trinajstić information content (AvgIpc) is 2.03. The van der Waals surface area contributed by atoms with Crippen molar-refractivity contribution in [3.8, 4) is 5.75 Å². The second-order valence-electron chi connectivity index (χ2n) is 1.78. The number of para-hydroxylation sites is 1. The molecule has 0 aliphatic heterocycles. The Kier molecular flexibility index (Phi) is 12.0. The molecule has 0 fully saturated rings. The smallest absolute Gasteiger partial charge is 0.867 e. The van der Waals surface area contributed by atoms with E-state index in [0.29, 0.717) is 5.75 Å². The molecule has 0 bridgehead atoms. The number of hydrogen-bond donors (Lipinski definition) is 0. The van der Waals surface area contributed by atoms with Gasteiger partial charge in [0.2, 0.25) is 0 Å². The Morgan fingerprint density at radius 1 is 1.00 bits per heavy atom. The molecule has 13 heavy (non-hydrogen) atoms. The summed E-state index contributed by atoms with van der Waals surface area (Å²) in [4.78, 5) is 8.16. The van der Waals surface area contributed by atoms with Crippen molar-refractivity contribution in [1.82, 2.24) is 0 Å². The van der Waals surface area contributed by atoms with Gasteiger partial charge in [-0.3, -0.25) is 0 Å². The maximum Gasteiger partial charge on any atom is 1.00 e. The molecule has 0 aromatic heterocycles. The van der Waals surface area contributed by atoms with E-state index in [-0.39, 0.29) is 59.1 Å². The summed E-state index contributed by atoms with van der Waals surface area (Å²) in [5.41, 5.74) is 0. The van der Waals surface area contributed by atoms with Crippen molar-refractivity contribution in [2.45, 2.75) is 0 Å². The predicted octanol–water partition coefficient (Wildman–Crippen LogP) is -7.29. The van der Waals surface area contributed by atoms with Crippen LogP contribution in [0.25, 0.3) is 0 Å². The molecule has 0 atom stereocenters. The molecule has 1 aromatic rings. The Balaban J connectivity index is 0. The largest absolute Gasteiger partial charge is 1.00 e. The van der Waals surface area contributed by atoms with Gasteiger partial charge in [0.1, 0.15) is 7.32 Å². The van der Waals surface area contributed by atoms with Gasteiger partial charge in [-0.25, -0.2) is 0 Å². The van der Waals surface area contributed by atoms with Crippen LogP contribution in [0, 0.1) is 0 Å². The number of rotatable bonds is 3. The van der Waals surface area contributed by atoms with Crippen LogP contribution in [-0.2, 0) is 4.81 Å². The molecule has 1 rings (SSSR count). The van der Waals surface area contributed by atoms with Gasteiger partial charge in [-0.15, -0.1) is 0 Å². The average molecular weight is 198 g/mol. The number of hydrogen-bond acceptors (Lipinski definition) is 4. The summed E-state index contributed by atoms with van der Waals surface area (Å²) in [5, 5.41) is 19.6. The molecule has 0 spiro atoms. The second-order valence-corrected chi connectivity index (χ2v) is 1.78. The third-order valence-corrected chi connectivity index (χ3v) is 0.966. The van der Waals surface area contributed by atoms with Crippen LogP contribution in [0.3, 0.4) is 0 Å². The van der Waals surface area contributed by atoms with E-state index in [1.165, 1.54) is 0 Å². The molecular formula is C6H5BNa2O4. The van der Waals surface area contributed by atoms with Gasteiger partial charge in [-0.05, 0) is 12.1 Å². The van der Waals surface area contributed by atoms with Crippen LogP contribution in [0.2, 0.25) is 0 Å². The van der Waals surface area contributed by atoms with Crippen molar-refractivity contribution in [1.29, 1.82) is 0 Å². The topological polar surface area (TPSA) is 64.6 Å². The fourth-order valence-electron chi connectivity index (χ4n) is 0.571. The van der Waals surface area contributed by atoms with Gasteiger partial charge in [0, 0.05) is 0 Å². The van der Waals surface area contributed by atoms with E-state index in [2.05, 4.69) is 9.69 Å². The zero-order valence-electron chi connectivity index (χ0n) is 7.60. The fraction of sp³-hybridized carbons (Fsp3) is 0. The summed E-state index contributed by atoms with van der Waals surface area (Å²) in [5.74, 6) is 0.337. The summed E-state index contributed by atoms with van der Waals surface area (Å²) in [6.45, 7) is 0. The van der Waals surface area contributed by atoms with Gasteiger partial charge in [0.05, 0.1) is 0 Å². The van der Waals surface area contributed by atoms with Crippen molar-refractivity contribution in [2.24, 2.45) is 0 Å². The van der Waals surface area contributed by atoms with Crippen LogP contribution in [-0.4, -0.2) is 7.32 Å². The zero-order valence-corrected chi connectivity index (χ0v) is 11.6. The molecular weight excluding hydrogens is 193 g/mol. The quantitative estimate of drug-likeness (QED) is 0.275. The zero-order chi connectivity index (χ0) is 8.10. The minimum Gasteiger partial charge on any atom is -0.867 e. The van der Waals surface area contributed by atoms with Crippen LogP contribution in [0.1, 0.15) is 0 Å². The molecule has 4 nitrogen and oxygen atoms in total. The minimum atomic E-state index is -2.41. The maximum atomic E-state index is 9.80. The molecule has 0 saturated carbocycles. The monoisotopic (exact) mass is 198 g/mol. The molecule has 0 N–H and O–H groups in total. The van der Waals surface area contributed by atoms with Gasteiger partial charge in [0.25, 0.3) is 0 Å². The van der Waals surface area contributed by atoms with Gasteiger partial charge in [-0.2, -0.15) is 0 Å². The third-order valence-electron chi connectivity index (χ3n) is 0.966. The first kappa shape index (κ1) is 16.4. The normalized spacial score (nSPS) is 7.85. The summed E-state index contributed by atoms with van der Waals surface area (Å²) >= 11 is 0. The van der Waals surface area contributed by atoms with E-state index in [1.807, 2.05) is 0 Å². The number of benzene rings is 1. The SMILES string of the molecule is [Na+].[Na+].[O-]B([O-])OOc1ccccc1. The summed E-state index contributed by atoms with van der Waals surface area (Å²) in [7, 11) is -2.41. The molecule has 58 valence electrons. The van der Waals surface area contributed by atoms with Crippen molar-refractivity contribution < 1.29 is 78.9 Å².